The molecule has 6 nitrogen and oxygen atoms in total. The van der Waals surface area contributed by atoms with Gasteiger partial charge in [0.05, 0.1) is 19.9 Å². The SMILES string of the molecule is COc1ccc(OC)c(NC(=O)NC[C@H](c2ccc(F)cc2)c2c[nH]c3ccccc23)c1. The molecule has 0 unspecified atom stereocenters. The third-order valence-corrected chi connectivity index (χ3v) is 5.39. The van der Waals surface area contributed by atoms with E-state index >= 15 is 0 Å². The van der Waals surface area contributed by atoms with Crippen LogP contribution in [0.5, 0.6) is 11.5 Å². The fourth-order valence-corrected chi connectivity index (χ4v) is 3.76. The van der Waals surface area contributed by atoms with Crippen LogP contribution in [-0.2, 0) is 0 Å². The summed E-state index contributed by atoms with van der Waals surface area (Å²) in [6.07, 6.45) is 1.93. The third-order valence-electron chi connectivity index (χ3n) is 5.39. The molecule has 4 aromatic rings. The molecule has 1 aromatic heterocycles. The van der Waals surface area contributed by atoms with Crippen molar-refractivity contribution in [2.45, 2.75) is 5.92 Å². The van der Waals surface area contributed by atoms with Crippen molar-refractivity contribution in [3.05, 3.63) is 89.9 Å². The van der Waals surface area contributed by atoms with Gasteiger partial charge in [-0.1, -0.05) is 30.3 Å². The fraction of sp³-hybridized carbons (Fsp3) is 0.160. The van der Waals surface area contributed by atoms with E-state index in [9.17, 15) is 9.18 Å². The average molecular weight is 433 g/mol. The van der Waals surface area contributed by atoms with Crippen LogP contribution >= 0.6 is 0 Å². The molecule has 7 heteroatoms. The molecular weight excluding hydrogens is 409 g/mol. The highest BCUT2D eigenvalue weighted by Gasteiger charge is 2.20. The summed E-state index contributed by atoms with van der Waals surface area (Å²) in [7, 11) is 3.09. The molecule has 0 aliphatic heterocycles. The van der Waals surface area contributed by atoms with Gasteiger partial charge in [-0.15, -0.1) is 0 Å². The summed E-state index contributed by atoms with van der Waals surface area (Å²) in [5, 5.41) is 6.80. The number of urea groups is 1. The second-order valence-corrected chi connectivity index (χ2v) is 7.29. The quantitative estimate of drug-likeness (QED) is 0.371. The number of benzene rings is 3. The summed E-state index contributed by atoms with van der Waals surface area (Å²) in [4.78, 5) is 16.0. The van der Waals surface area contributed by atoms with Gasteiger partial charge in [0, 0.05) is 35.6 Å². The van der Waals surface area contributed by atoms with Gasteiger partial charge in [-0.25, -0.2) is 9.18 Å². The van der Waals surface area contributed by atoms with Gasteiger partial charge in [0.25, 0.3) is 0 Å². The van der Waals surface area contributed by atoms with Crippen molar-refractivity contribution in [1.29, 1.82) is 0 Å². The Hall–Kier alpha value is -4.00. The van der Waals surface area contributed by atoms with Crippen molar-refractivity contribution < 1.29 is 18.7 Å². The molecular formula is C25H24FN3O3. The van der Waals surface area contributed by atoms with Crippen LogP contribution in [0.2, 0.25) is 0 Å². The molecule has 0 radical (unpaired) electrons. The Morgan fingerprint density at radius 1 is 1.03 bits per heavy atom. The second kappa shape index (κ2) is 9.43. The average Bonchev–Trinajstić information content (AvgIpc) is 3.24. The van der Waals surface area contributed by atoms with Crippen molar-refractivity contribution in [2.75, 3.05) is 26.1 Å². The number of hydrogen-bond donors (Lipinski definition) is 3. The van der Waals surface area contributed by atoms with E-state index in [1.165, 1.54) is 19.2 Å². The maximum atomic E-state index is 13.5. The summed E-state index contributed by atoms with van der Waals surface area (Å²) >= 11 is 0. The van der Waals surface area contributed by atoms with E-state index in [-0.39, 0.29) is 17.8 Å². The lowest BCUT2D eigenvalue weighted by Crippen LogP contribution is -2.32. The smallest absolute Gasteiger partial charge is 0.319 e. The molecule has 0 saturated heterocycles. The molecule has 2 amide bonds. The van der Waals surface area contributed by atoms with Crippen molar-refractivity contribution in [3.8, 4) is 11.5 Å². The van der Waals surface area contributed by atoms with E-state index in [1.54, 1.807) is 37.4 Å². The lowest BCUT2D eigenvalue weighted by Gasteiger charge is -2.19. The number of anilines is 1. The number of amides is 2. The first-order valence-corrected chi connectivity index (χ1v) is 10.2. The van der Waals surface area contributed by atoms with E-state index in [2.05, 4.69) is 15.6 Å². The topological polar surface area (TPSA) is 75.4 Å². The predicted octanol–water partition coefficient (Wildman–Crippen LogP) is 5.28. The largest absolute Gasteiger partial charge is 0.497 e. The molecule has 32 heavy (non-hydrogen) atoms. The number of halogens is 1. The maximum Gasteiger partial charge on any atom is 0.319 e. The number of methoxy groups -OCH3 is 2. The minimum absolute atomic E-state index is 0.176. The molecule has 1 heterocycles. The first-order valence-electron chi connectivity index (χ1n) is 10.2. The second-order valence-electron chi connectivity index (χ2n) is 7.29. The van der Waals surface area contributed by atoms with Gasteiger partial charge in [0.1, 0.15) is 17.3 Å². The molecule has 0 bridgehead atoms. The summed E-state index contributed by atoms with van der Waals surface area (Å²) in [5.41, 5.74) is 3.41. The van der Waals surface area contributed by atoms with E-state index in [0.717, 1.165) is 22.0 Å². The predicted molar refractivity (Wildman–Crippen MR) is 123 cm³/mol. The Morgan fingerprint density at radius 3 is 2.56 bits per heavy atom. The van der Waals surface area contributed by atoms with Crippen LogP contribution in [-0.4, -0.2) is 31.8 Å². The van der Waals surface area contributed by atoms with Crippen LogP contribution in [0, 0.1) is 5.82 Å². The highest BCUT2D eigenvalue weighted by atomic mass is 19.1. The number of aromatic amines is 1. The number of hydrogen-bond acceptors (Lipinski definition) is 3. The third kappa shape index (κ3) is 4.51. The maximum absolute atomic E-state index is 13.5. The van der Waals surface area contributed by atoms with Gasteiger partial charge in [-0.3, -0.25) is 0 Å². The zero-order chi connectivity index (χ0) is 22.5. The van der Waals surface area contributed by atoms with Gasteiger partial charge in [0.2, 0.25) is 0 Å². The number of para-hydroxylation sites is 1. The molecule has 1 atom stereocenters. The number of ether oxygens (including phenoxy) is 2. The Kier molecular flexibility index (Phi) is 6.26. The Labute approximate surface area is 185 Å². The highest BCUT2D eigenvalue weighted by molar-refractivity contribution is 5.91. The van der Waals surface area contributed by atoms with E-state index < -0.39 is 0 Å². The zero-order valence-electron chi connectivity index (χ0n) is 17.8. The van der Waals surface area contributed by atoms with Gasteiger partial charge >= 0.3 is 6.03 Å². The fourth-order valence-electron chi connectivity index (χ4n) is 3.76. The minimum Gasteiger partial charge on any atom is -0.497 e. The lowest BCUT2D eigenvalue weighted by molar-refractivity contribution is 0.251. The molecule has 0 aliphatic carbocycles. The van der Waals surface area contributed by atoms with Crippen LogP contribution in [0.15, 0.2) is 72.9 Å². The number of nitrogens with one attached hydrogen (secondary N) is 3. The van der Waals surface area contributed by atoms with Crippen molar-refractivity contribution in [2.24, 2.45) is 0 Å². The summed E-state index contributed by atoms with van der Waals surface area (Å²) in [5.74, 6) is 0.642. The molecule has 3 aromatic carbocycles. The molecule has 0 fully saturated rings. The summed E-state index contributed by atoms with van der Waals surface area (Å²) in [6.45, 7) is 0.311. The first kappa shape index (κ1) is 21.2. The molecule has 4 rings (SSSR count). The number of rotatable bonds is 7. The van der Waals surface area contributed by atoms with Gasteiger partial charge in [0.15, 0.2) is 0 Å². The van der Waals surface area contributed by atoms with Crippen LogP contribution < -0.4 is 20.1 Å². The van der Waals surface area contributed by atoms with Crippen molar-refractivity contribution in [1.82, 2.24) is 10.3 Å². The minimum atomic E-state index is -0.386. The number of fused-ring (bicyclic) bond motifs is 1. The number of carbonyl (C=O) groups is 1. The summed E-state index contributed by atoms with van der Waals surface area (Å²) in [6, 6.07) is 19.1. The monoisotopic (exact) mass is 433 g/mol. The Morgan fingerprint density at radius 2 is 1.81 bits per heavy atom. The number of H-pyrrole nitrogens is 1. The van der Waals surface area contributed by atoms with Gasteiger partial charge in [-0.2, -0.15) is 0 Å². The molecule has 164 valence electrons. The zero-order valence-corrected chi connectivity index (χ0v) is 17.8. The first-order chi connectivity index (χ1) is 15.6. The molecule has 0 spiro atoms. The standard InChI is InChI=1S/C25H24FN3O3/c1-31-18-11-12-24(32-2)23(13-18)29-25(30)28-14-20(16-7-9-17(26)10-8-16)21-15-27-22-6-4-3-5-19(21)22/h3-13,15,20,27H,14H2,1-2H3,(H2,28,29,30)/t20-/m1/s1. The molecule has 0 aliphatic rings. The Balaban J connectivity index is 1.57. The number of aromatic nitrogens is 1. The lowest BCUT2D eigenvalue weighted by atomic mass is 9.91. The van der Waals surface area contributed by atoms with Crippen LogP contribution in [0.1, 0.15) is 17.0 Å². The molecule has 0 saturated carbocycles. The van der Waals surface area contributed by atoms with Crippen LogP contribution in [0.3, 0.4) is 0 Å². The van der Waals surface area contributed by atoms with Crippen LogP contribution in [0.25, 0.3) is 10.9 Å². The van der Waals surface area contributed by atoms with Gasteiger partial charge in [-0.05, 0) is 41.5 Å². The van der Waals surface area contributed by atoms with E-state index in [4.69, 9.17) is 9.47 Å². The Bertz CT molecular complexity index is 1220. The van der Waals surface area contributed by atoms with Crippen molar-refractivity contribution >= 4 is 22.6 Å². The van der Waals surface area contributed by atoms with E-state index in [1.807, 2.05) is 30.5 Å². The van der Waals surface area contributed by atoms with Gasteiger partial charge < -0.3 is 25.1 Å². The highest BCUT2D eigenvalue weighted by Crippen LogP contribution is 2.31. The normalized spacial score (nSPS) is 11.7. The van der Waals surface area contributed by atoms with Crippen molar-refractivity contribution in [3.63, 3.8) is 0 Å². The van der Waals surface area contributed by atoms with E-state index in [0.29, 0.717) is 23.7 Å². The van der Waals surface area contributed by atoms with Crippen LogP contribution in [0.4, 0.5) is 14.9 Å². The summed E-state index contributed by atoms with van der Waals surface area (Å²) < 4.78 is 24.1. The number of carbonyl (C=O) groups excluding carboxylic acids is 1. The molecule has 3 N–H and O–H groups in total.